The zero-order valence-electron chi connectivity index (χ0n) is 11.8. The minimum absolute atomic E-state index is 1.23. The first-order valence-corrected chi connectivity index (χ1v) is 7.64. The van der Waals surface area contributed by atoms with Crippen LogP contribution in [-0.4, -0.2) is 0 Å². The number of nitrogens with zero attached hydrogens (tertiary/aromatic N) is 1. The number of hydrogen-bond donors (Lipinski definition) is 0. The third kappa shape index (κ3) is 4.04. The van der Waals surface area contributed by atoms with Crippen molar-refractivity contribution in [3.63, 3.8) is 0 Å². The van der Waals surface area contributed by atoms with Crippen molar-refractivity contribution in [1.82, 2.24) is 5.32 Å². The second-order valence-corrected chi connectivity index (χ2v) is 5.61. The fourth-order valence-electron chi connectivity index (χ4n) is 2.94. The molecule has 2 aliphatic rings. The molecule has 0 aromatic heterocycles. The highest BCUT2D eigenvalue weighted by atomic mass is 14.9. The van der Waals surface area contributed by atoms with Crippen LogP contribution in [0.15, 0.2) is 35.2 Å². The van der Waals surface area contributed by atoms with E-state index >= 15 is 0 Å². The number of allylic oxidation sites excluding steroid dienone is 4. The maximum absolute atomic E-state index is 4.50. The first kappa shape index (κ1) is 13.5. The minimum Gasteiger partial charge on any atom is -0.257 e. The number of rotatable bonds is 1. The smallest absolute Gasteiger partial charge is 0.0661 e. The van der Waals surface area contributed by atoms with Gasteiger partial charge in [0.2, 0.25) is 0 Å². The molecule has 0 saturated carbocycles. The average molecular weight is 244 g/mol. The van der Waals surface area contributed by atoms with E-state index in [9.17, 15) is 0 Å². The molecule has 99 valence electrons. The lowest BCUT2D eigenvalue weighted by molar-refractivity contribution is 0.558. The topological polar surface area (TPSA) is 14.1 Å². The summed E-state index contributed by atoms with van der Waals surface area (Å²) in [6, 6.07) is 0. The quantitative estimate of drug-likeness (QED) is 0.599. The van der Waals surface area contributed by atoms with Crippen molar-refractivity contribution in [1.29, 1.82) is 0 Å². The summed E-state index contributed by atoms with van der Waals surface area (Å²) in [6.07, 6.45) is 19.9. The van der Waals surface area contributed by atoms with E-state index in [2.05, 4.69) is 24.4 Å². The highest BCUT2D eigenvalue weighted by Crippen LogP contribution is 2.27. The molecule has 0 bridgehead atoms. The summed E-state index contributed by atoms with van der Waals surface area (Å²) in [5.74, 6) is 0. The van der Waals surface area contributed by atoms with Crippen molar-refractivity contribution in [3.8, 4) is 0 Å². The van der Waals surface area contributed by atoms with Crippen molar-refractivity contribution < 1.29 is 0 Å². The molecule has 1 nitrogen and oxygen atoms in total. The Morgan fingerprint density at radius 3 is 2.06 bits per heavy atom. The van der Waals surface area contributed by atoms with Crippen LogP contribution in [0.5, 0.6) is 0 Å². The molecule has 0 amide bonds. The Labute approximate surface area is 112 Å². The molecule has 0 aromatic rings. The van der Waals surface area contributed by atoms with Crippen LogP contribution in [0.1, 0.15) is 71.1 Å². The van der Waals surface area contributed by atoms with Gasteiger partial charge in [0, 0.05) is 6.20 Å². The summed E-state index contributed by atoms with van der Waals surface area (Å²) in [4.78, 5) is 0. The van der Waals surface area contributed by atoms with Crippen LogP contribution in [0.25, 0.3) is 0 Å². The van der Waals surface area contributed by atoms with Crippen LogP contribution in [0, 0.1) is 0 Å². The molecule has 1 aliphatic carbocycles. The summed E-state index contributed by atoms with van der Waals surface area (Å²) < 4.78 is 0. The Morgan fingerprint density at radius 1 is 0.833 bits per heavy atom. The van der Waals surface area contributed by atoms with Gasteiger partial charge in [0.05, 0.1) is 5.70 Å². The third-order valence-corrected chi connectivity index (χ3v) is 4.11. The SMILES string of the molecule is C/C1=C(/C2=CC=C[N]2)CCCCCCCCCC1. The summed E-state index contributed by atoms with van der Waals surface area (Å²) in [6.45, 7) is 2.32. The molecule has 1 heteroatoms. The first-order chi connectivity index (χ1) is 8.88. The van der Waals surface area contributed by atoms with Crippen LogP contribution < -0.4 is 5.32 Å². The maximum Gasteiger partial charge on any atom is 0.0661 e. The number of hydrogen-bond acceptors (Lipinski definition) is 0. The van der Waals surface area contributed by atoms with Crippen LogP contribution in [0.2, 0.25) is 0 Å². The lowest BCUT2D eigenvalue weighted by atomic mass is 9.94. The molecule has 0 saturated heterocycles. The van der Waals surface area contributed by atoms with Gasteiger partial charge in [-0.1, -0.05) is 44.1 Å². The second kappa shape index (κ2) is 7.45. The molecule has 1 aliphatic heterocycles. The van der Waals surface area contributed by atoms with Gasteiger partial charge in [-0.05, 0) is 50.3 Å². The van der Waals surface area contributed by atoms with E-state index in [0.29, 0.717) is 0 Å². The molecule has 0 spiro atoms. The van der Waals surface area contributed by atoms with E-state index in [1.54, 1.807) is 5.57 Å². The van der Waals surface area contributed by atoms with E-state index in [1.807, 2.05) is 6.20 Å². The molecule has 0 atom stereocenters. The molecule has 2 rings (SSSR count). The fourth-order valence-corrected chi connectivity index (χ4v) is 2.94. The Hall–Kier alpha value is -0.980. The zero-order chi connectivity index (χ0) is 12.6. The van der Waals surface area contributed by atoms with E-state index < -0.39 is 0 Å². The van der Waals surface area contributed by atoms with Crippen LogP contribution in [-0.2, 0) is 0 Å². The van der Waals surface area contributed by atoms with E-state index in [0.717, 1.165) is 0 Å². The Kier molecular flexibility index (Phi) is 5.57. The van der Waals surface area contributed by atoms with Gasteiger partial charge in [0.1, 0.15) is 0 Å². The second-order valence-electron chi connectivity index (χ2n) is 5.61. The molecular formula is C17H26N. The highest BCUT2D eigenvalue weighted by Gasteiger charge is 2.11. The predicted molar refractivity (Wildman–Crippen MR) is 78.2 cm³/mol. The molecular weight excluding hydrogens is 218 g/mol. The average Bonchev–Trinajstić information content (AvgIpc) is 2.87. The van der Waals surface area contributed by atoms with Crippen LogP contribution in [0.3, 0.4) is 0 Å². The van der Waals surface area contributed by atoms with Gasteiger partial charge in [-0.25, -0.2) is 0 Å². The first-order valence-electron chi connectivity index (χ1n) is 7.64. The van der Waals surface area contributed by atoms with Crippen molar-refractivity contribution in [2.24, 2.45) is 0 Å². The lowest BCUT2D eigenvalue weighted by Crippen LogP contribution is -2.01. The Bertz CT molecular complexity index is 347. The molecule has 0 aromatic carbocycles. The van der Waals surface area contributed by atoms with Gasteiger partial charge in [-0.15, -0.1) is 0 Å². The molecule has 18 heavy (non-hydrogen) atoms. The largest absolute Gasteiger partial charge is 0.257 e. The van der Waals surface area contributed by atoms with Crippen molar-refractivity contribution >= 4 is 0 Å². The minimum atomic E-state index is 1.23. The summed E-state index contributed by atoms with van der Waals surface area (Å²) in [5.41, 5.74) is 4.33. The van der Waals surface area contributed by atoms with Gasteiger partial charge in [-0.2, -0.15) is 0 Å². The Morgan fingerprint density at radius 2 is 1.44 bits per heavy atom. The predicted octanol–water partition coefficient (Wildman–Crippen LogP) is 5.23. The fraction of sp³-hybridized carbons (Fsp3) is 0.647. The monoisotopic (exact) mass is 244 g/mol. The lowest BCUT2D eigenvalue weighted by Gasteiger charge is -2.14. The van der Waals surface area contributed by atoms with Crippen molar-refractivity contribution in [3.05, 3.63) is 35.2 Å². The van der Waals surface area contributed by atoms with Gasteiger partial charge >= 0.3 is 0 Å². The molecule has 0 fully saturated rings. The standard InChI is InChI=1S/C17H26N/c1-15-11-8-6-4-2-3-5-7-9-12-16(15)17-13-10-14-18-17/h10,13-14H,2-9,11-12H2,1H3/b16-15-. The molecule has 1 heterocycles. The van der Waals surface area contributed by atoms with E-state index in [1.165, 1.54) is 75.5 Å². The van der Waals surface area contributed by atoms with Crippen LogP contribution in [0.4, 0.5) is 0 Å². The molecule has 0 unspecified atom stereocenters. The van der Waals surface area contributed by atoms with Crippen molar-refractivity contribution in [2.45, 2.75) is 71.1 Å². The summed E-state index contributed by atoms with van der Waals surface area (Å²) in [7, 11) is 0. The van der Waals surface area contributed by atoms with E-state index in [-0.39, 0.29) is 0 Å². The van der Waals surface area contributed by atoms with Gasteiger partial charge < -0.3 is 0 Å². The third-order valence-electron chi connectivity index (χ3n) is 4.11. The van der Waals surface area contributed by atoms with E-state index in [4.69, 9.17) is 0 Å². The summed E-state index contributed by atoms with van der Waals surface area (Å²) >= 11 is 0. The molecule has 1 radical (unpaired) electrons. The summed E-state index contributed by atoms with van der Waals surface area (Å²) in [5, 5.41) is 4.50. The zero-order valence-corrected chi connectivity index (χ0v) is 11.8. The van der Waals surface area contributed by atoms with Gasteiger partial charge in [0.25, 0.3) is 0 Å². The Balaban J connectivity index is 2.01. The van der Waals surface area contributed by atoms with Gasteiger partial charge in [0.15, 0.2) is 0 Å². The maximum atomic E-state index is 4.50. The normalized spacial score (nSPS) is 27.1. The van der Waals surface area contributed by atoms with Crippen LogP contribution >= 0.6 is 0 Å². The van der Waals surface area contributed by atoms with Gasteiger partial charge in [-0.3, -0.25) is 5.32 Å². The molecule has 0 N–H and O–H groups in total. The highest BCUT2D eigenvalue weighted by molar-refractivity contribution is 5.39. The van der Waals surface area contributed by atoms with Crippen molar-refractivity contribution in [2.75, 3.05) is 0 Å².